The molecule has 3 heterocycles. The van der Waals surface area contributed by atoms with Crippen molar-refractivity contribution in [2.75, 3.05) is 17.2 Å². The third-order valence-corrected chi connectivity index (χ3v) is 4.58. The van der Waals surface area contributed by atoms with E-state index in [1.165, 1.54) is 18.5 Å². The van der Waals surface area contributed by atoms with Gasteiger partial charge in [-0.25, -0.2) is 4.98 Å². The molecule has 3 aromatic heterocycles. The van der Waals surface area contributed by atoms with Gasteiger partial charge < -0.3 is 10.6 Å². The Balaban J connectivity index is 1.39. The third-order valence-electron chi connectivity index (χ3n) is 4.00. The smallest absolute Gasteiger partial charge is 0.224 e. The molecule has 128 valence electrons. The molecule has 4 rings (SSSR count). The van der Waals surface area contributed by atoms with Crippen LogP contribution in [0.5, 0.6) is 0 Å². The van der Waals surface area contributed by atoms with Gasteiger partial charge in [0, 0.05) is 48.7 Å². The van der Waals surface area contributed by atoms with Crippen molar-refractivity contribution in [3.05, 3.63) is 52.5 Å². The van der Waals surface area contributed by atoms with Gasteiger partial charge in [0.2, 0.25) is 5.95 Å². The summed E-state index contributed by atoms with van der Waals surface area (Å²) in [5.41, 5.74) is 2.22. The summed E-state index contributed by atoms with van der Waals surface area (Å²) in [6.45, 7) is 0.715. The van der Waals surface area contributed by atoms with E-state index >= 15 is 0 Å². The number of hydrogen-bond donors (Lipinski definition) is 3. The van der Waals surface area contributed by atoms with Gasteiger partial charge in [0.1, 0.15) is 0 Å². The van der Waals surface area contributed by atoms with Crippen LogP contribution < -0.4 is 10.6 Å². The summed E-state index contributed by atoms with van der Waals surface area (Å²) in [6.07, 6.45) is 6.82. The van der Waals surface area contributed by atoms with Crippen molar-refractivity contribution in [2.24, 2.45) is 0 Å². The summed E-state index contributed by atoms with van der Waals surface area (Å²) in [5, 5.41) is 13.8. The van der Waals surface area contributed by atoms with Gasteiger partial charge in [-0.1, -0.05) is 6.07 Å². The Labute approximate surface area is 153 Å². The van der Waals surface area contributed by atoms with Gasteiger partial charge in [0.15, 0.2) is 11.6 Å². The second-order valence-corrected chi connectivity index (χ2v) is 6.85. The lowest BCUT2D eigenvalue weighted by molar-refractivity contribution is 0.940. The van der Waals surface area contributed by atoms with Gasteiger partial charge in [-0.2, -0.15) is 10.1 Å². The van der Waals surface area contributed by atoms with Gasteiger partial charge >= 0.3 is 0 Å². The normalized spacial score (nSPS) is 13.6. The molecular weight excluding hydrogens is 382 g/mol. The number of nitrogens with one attached hydrogen (secondary N) is 3. The number of nitrogens with zero attached hydrogens (tertiary/aromatic N) is 4. The van der Waals surface area contributed by atoms with Crippen molar-refractivity contribution in [2.45, 2.75) is 25.2 Å². The highest BCUT2D eigenvalue weighted by Gasteiger charge is 2.25. The molecule has 0 spiro atoms. The lowest BCUT2D eigenvalue weighted by Crippen LogP contribution is -2.09. The first-order valence-corrected chi connectivity index (χ1v) is 9.06. The van der Waals surface area contributed by atoms with Crippen LogP contribution in [0.25, 0.3) is 0 Å². The number of halogens is 1. The maximum atomic E-state index is 4.51. The minimum absolute atomic E-state index is 0.569. The molecule has 25 heavy (non-hydrogen) atoms. The second-order valence-electron chi connectivity index (χ2n) is 6.00. The lowest BCUT2D eigenvalue weighted by Gasteiger charge is -2.08. The van der Waals surface area contributed by atoms with E-state index in [2.05, 4.69) is 51.7 Å². The van der Waals surface area contributed by atoms with Crippen LogP contribution in [0.15, 0.2) is 41.1 Å². The summed E-state index contributed by atoms with van der Waals surface area (Å²) < 4.78 is 0.791. The highest BCUT2D eigenvalue weighted by molar-refractivity contribution is 9.10. The Morgan fingerprint density at radius 1 is 1.24 bits per heavy atom. The van der Waals surface area contributed by atoms with Crippen LogP contribution in [0.1, 0.15) is 30.1 Å². The molecule has 0 radical (unpaired) electrons. The Morgan fingerprint density at radius 2 is 2.16 bits per heavy atom. The zero-order chi connectivity index (χ0) is 17.1. The molecule has 7 nitrogen and oxygen atoms in total. The van der Waals surface area contributed by atoms with Crippen LogP contribution >= 0.6 is 15.9 Å². The van der Waals surface area contributed by atoms with Gasteiger partial charge in [0.05, 0.1) is 4.47 Å². The molecule has 8 heteroatoms. The molecule has 3 N–H and O–H groups in total. The molecule has 0 amide bonds. The van der Waals surface area contributed by atoms with Crippen molar-refractivity contribution < 1.29 is 0 Å². The van der Waals surface area contributed by atoms with E-state index in [-0.39, 0.29) is 0 Å². The predicted molar refractivity (Wildman–Crippen MR) is 100 cm³/mol. The molecule has 0 atom stereocenters. The maximum Gasteiger partial charge on any atom is 0.224 e. The predicted octanol–water partition coefficient (Wildman–Crippen LogP) is 3.63. The Kier molecular flexibility index (Phi) is 4.60. The topological polar surface area (TPSA) is 91.4 Å². The lowest BCUT2D eigenvalue weighted by atomic mass is 10.3. The first-order chi connectivity index (χ1) is 12.3. The molecular formula is C17H18BrN7. The number of aromatic amines is 1. The van der Waals surface area contributed by atoms with E-state index in [9.17, 15) is 0 Å². The van der Waals surface area contributed by atoms with Crippen LogP contribution in [0.3, 0.4) is 0 Å². The van der Waals surface area contributed by atoms with Gasteiger partial charge in [-0.05, 0) is 40.9 Å². The largest absolute Gasteiger partial charge is 0.354 e. The SMILES string of the molecule is Brc1cnc(NCCc2ccccn2)nc1Nc1cc(C2CC2)[nH]n1. The maximum absolute atomic E-state index is 4.51. The third kappa shape index (κ3) is 4.14. The summed E-state index contributed by atoms with van der Waals surface area (Å²) in [7, 11) is 0. The molecule has 0 bridgehead atoms. The van der Waals surface area contributed by atoms with E-state index in [1.54, 1.807) is 12.4 Å². The Morgan fingerprint density at radius 3 is 2.96 bits per heavy atom. The van der Waals surface area contributed by atoms with E-state index in [1.807, 2.05) is 24.3 Å². The number of aromatic nitrogens is 5. The number of H-pyrrole nitrogens is 1. The molecule has 1 aliphatic rings. The van der Waals surface area contributed by atoms with Gasteiger partial charge in [0.25, 0.3) is 0 Å². The van der Waals surface area contributed by atoms with Gasteiger partial charge in [-0.15, -0.1) is 0 Å². The van der Waals surface area contributed by atoms with E-state index in [0.717, 1.165) is 22.4 Å². The van der Waals surface area contributed by atoms with Crippen LogP contribution in [0.4, 0.5) is 17.6 Å². The number of hydrogen-bond acceptors (Lipinski definition) is 6. The summed E-state index contributed by atoms with van der Waals surface area (Å²) in [5.74, 6) is 2.66. The fraction of sp³-hybridized carbons (Fsp3) is 0.294. The van der Waals surface area contributed by atoms with Gasteiger partial charge in [-0.3, -0.25) is 10.1 Å². The van der Waals surface area contributed by atoms with Crippen LogP contribution in [0.2, 0.25) is 0 Å². The summed E-state index contributed by atoms with van der Waals surface area (Å²) in [6, 6.07) is 7.95. The van der Waals surface area contributed by atoms with Crippen LogP contribution in [0, 0.1) is 0 Å². The van der Waals surface area contributed by atoms with Crippen molar-refractivity contribution in [3.8, 4) is 0 Å². The monoisotopic (exact) mass is 399 g/mol. The number of rotatable bonds is 7. The first kappa shape index (κ1) is 16.0. The Hall–Kier alpha value is -2.48. The average Bonchev–Trinajstić information content (AvgIpc) is 3.38. The zero-order valence-electron chi connectivity index (χ0n) is 13.5. The molecule has 0 aromatic carbocycles. The highest BCUT2D eigenvalue weighted by Crippen LogP contribution is 2.39. The second kappa shape index (κ2) is 7.18. The number of pyridine rings is 1. The Bertz CT molecular complexity index is 845. The molecule has 0 aliphatic heterocycles. The fourth-order valence-electron chi connectivity index (χ4n) is 2.51. The molecule has 1 fully saturated rings. The van der Waals surface area contributed by atoms with Crippen molar-refractivity contribution in [1.82, 2.24) is 25.1 Å². The summed E-state index contributed by atoms with van der Waals surface area (Å²) >= 11 is 3.48. The molecule has 1 saturated carbocycles. The fourth-order valence-corrected chi connectivity index (χ4v) is 2.80. The average molecular weight is 400 g/mol. The molecule has 0 unspecified atom stereocenters. The van der Waals surface area contributed by atoms with Crippen LogP contribution in [-0.2, 0) is 6.42 Å². The zero-order valence-corrected chi connectivity index (χ0v) is 15.1. The molecule has 0 saturated heterocycles. The molecule has 3 aromatic rings. The van der Waals surface area contributed by atoms with E-state index in [0.29, 0.717) is 24.2 Å². The van der Waals surface area contributed by atoms with Crippen molar-refractivity contribution >= 4 is 33.5 Å². The van der Waals surface area contributed by atoms with Crippen molar-refractivity contribution in [1.29, 1.82) is 0 Å². The minimum atomic E-state index is 0.569. The van der Waals surface area contributed by atoms with Crippen molar-refractivity contribution in [3.63, 3.8) is 0 Å². The quantitative estimate of drug-likeness (QED) is 0.561. The first-order valence-electron chi connectivity index (χ1n) is 8.26. The van der Waals surface area contributed by atoms with E-state index < -0.39 is 0 Å². The minimum Gasteiger partial charge on any atom is -0.354 e. The highest BCUT2D eigenvalue weighted by atomic mass is 79.9. The number of anilines is 3. The standard InChI is InChI=1S/C17H18BrN7/c18-13-10-21-17(20-8-6-12-3-1-2-7-19-12)23-16(13)22-15-9-14(24-25-15)11-4-5-11/h1-3,7,9-11H,4-6,8H2,(H3,20,21,22,23,24,25). The van der Waals surface area contributed by atoms with E-state index in [4.69, 9.17) is 0 Å². The molecule has 1 aliphatic carbocycles. The van der Waals surface area contributed by atoms with Crippen LogP contribution in [-0.4, -0.2) is 31.7 Å². The summed E-state index contributed by atoms with van der Waals surface area (Å²) in [4.78, 5) is 13.1.